The Bertz CT molecular complexity index is 619. The monoisotopic (exact) mass is 335 g/mol. The average Bonchev–Trinajstić information content (AvgIpc) is 2.43. The first-order valence-electron chi connectivity index (χ1n) is 6.25. The van der Waals surface area contributed by atoms with Crippen molar-refractivity contribution in [1.82, 2.24) is 4.31 Å². The van der Waals surface area contributed by atoms with Crippen LogP contribution in [-0.2, 0) is 10.0 Å². The third-order valence-corrected chi connectivity index (χ3v) is 5.81. The van der Waals surface area contributed by atoms with Crippen molar-refractivity contribution in [3.8, 4) is 0 Å². The quantitative estimate of drug-likeness (QED) is 0.827. The molecule has 0 aliphatic heterocycles. The highest BCUT2D eigenvalue weighted by Gasteiger charge is 2.28. The van der Waals surface area contributed by atoms with Crippen molar-refractivity contribution < 1.29 is 22.7 Å². The van der Waals surface area contributed by atoms with Gasteiger partial charge in [0.05, 0.1) is 10.5 Å². The summed E-state index contributed by atoms with van der Waals surface area (Å²) in [5.41, 5.74) is -0.651. The molecule has 8 heteroatoms. The minimum absolute atomic E-state index is 0.205. The molecule has 0 saturated heterocycles. The molecule has 0 fully saturated rings. The molecule has 1 unspecified atom stereocenters. The van der Waals surface area contributed by atoms with Gasteiger partial charge in [-0.25, -0.2) is 17.6 Å². The zero-order chi connectivity index (χ0) is 16.2. The van der Waals surface area contributed by atoms with Crippen LogP contribution in [0.3, 0.4) is 0 Å². The van der Waals surface area contributed by atoms with Crippen LogP contribution in [0.2, 0.25) is 0 Å². The van der Waals surface area contributed by atoms with Crippen LogP contribution in [0, 0.1) is 5.82 Å². The summed E-state index contributed by atoms with van der Waals surface area (Å²) in [5, 5.41) is 8.88. The van der Waals surface area contributed by atoms with Crippen molar-refractivity contribution in [3.05, 3.63) is 29.6 Å². The van der Waals surface area contributed by atoms with Crippen LogP contribution in [0.4, 0.5) is 4.39 Å². The predicted octanol–water partition coefficient (Wildman–Crippen LogP) is 2.29. The van der Waals surface area contributed by atoms with Crippen LogP contribution < -0.4 is 0 Å². The van der Waals surface area contributed by atoms with E-state index in [9.17, 15) is 17.6 Å². The topological polar surface area (TPSA) is 74.7 Å². The number of carbonyl (C=O) groups is 1. The minimum Gasteiger partial charge on any atom is -0.478 e. The number of halogens is 1. The molecule has 0 amide bonds. The third-order valence-electron chi connectivity index (χ3n) is 3.19. The van der Waals surface area contributed by atoms with Gasteiger partial charge in [0.1, 0.15) is 5.82 Å². The molecule has 0 aliphatic rings. The maximum Gasteiger partial charge on any atom is 0.338 e. The molecule has 0 aliphatic carbocycles. The van der Waals surface area contributed by atoms with E-state index < -0.39 is 27.4 Å². The summed E-state index contributed by atoms with van der Waals surface area (Å²) in [7, 11) is -2.41. The first-order valence-corrected chi connectivity index (χ1v) is 9.08. The molecule has 118 valence electrons. The molecular formula is C13H18FNO4S2. The van der Waals surface area contributed by atoms with Gasteiger partial charge in [-0.3, -0.25) is 0 Å². The predicted molar refractivity (Wildman–Crippen MR) is 80.8 cm³/mol. The fourth-order valence-corrected chi connectivity index (χ4v) is 4.26. The van der Waals surface area contributed by atoms with E-state index in [1.807, 2.05) is 13.2 Å². The summed E-state index contributed by atoms with van der Waals surface area (Å²) >= 11 is 1.52. The average molecular weight is 335 g/mol. The number of sulfonamides is 1. The van der Waals surface area contributed by atoms with Gasteiger partial charge in [-0.1, -0.05) is 6.92 Å². The standard InChI is InChI=1S/C13H18FNO4S2/c1-4-9(8-20-3)15(2)21(18,19)10-5-6-12(14)11(7-10)13(16)17/h5-7,9H,4,8H2,1-3H3,(H,16,17). The number of rotatable bonds is 7. The number of carboxylic acid groups (broad SMARTS) is 1. The SMILES string of the molecule is CCC(CSC)N(C)S(=O)(=O)c1ccc(F)c(C(=O)O)c1. The molecular weight excluding hydrogens is 317 g/mol. The van der Waals surface area contributed by atoms with Crippen molar-refractivity contribution in [2.24, 2.45) is 0 Å². The van der Waals surface area contributed by atoms with Crippen LogP contribution in [0.25, 0.3) is 0 Å². The van der Waals surface area contributed by atoms with Crippen LogP contribution in [0.5, 0.6) is 0 Å². The number of hydrogen-bond donors (Lipinski definition) is 1. The van der Waals surface area contributed by atoms with Crippen LogP contribution in [-0.4, -0.2) is 48.9 Å². The summed E-state index contributed by atoms with van der Waals surface area (Å²) < 4.78 is 39.6. The van der Waals surface area contributed by atoms with Gasteiger partial charge >= 0.3 is 5.97 Å². The molecule has 0 spiro atoms. The molecule has 1 rings (SSSR count). The molecule has 1 aromatic carbocycles. The van der Waals surface area contributed by atoms with Gasteiger partial charge in [0.25, 0.3) is 0 Å². The number of carboxylic acids is 1. The summed E-state index contributed by atoms with van der Waals surface area (Å²) in [5.74, 6) is -1.83. The normalized spacial score (nSPS) is 13.4. The Balaban J connectivity index is 3.24. The minimum atomic E-state index is -3.86. The lowest BCUT2D eigenvalue weighted by Gasteiger charge is -2.26. The second kappa shape index (κ2) is 7.24. The van der Waals surface area contributed by atoms with Crippen molar-refractivity contribution in [3.63, 3.8) is 0 Å². The maximum absolute atomic E-state index is 13.4. The Morgan fingerprint density at radius 1 is 1.48 bits per heavy atom. The van der Waals surface area contributed by atoms with E-state index in [-0.39, 0.29) is 10.9 Å². The zero-order valence-electron chi connectivity index (χ0n) is 12.0. The first-order chi connectivity index (χ1) is 9.75. The van der Waals surface area contributed by atoms with E-state index in [4.69, 9.17) is 5.11 Å². The molecule has 0 saturated carbocycles. The van der Waals surface area contributed by atoms with Crippen molar-refractivity contribution >= 4 is 27.8 Å². The van der Waals surface area contributed by atoms with E-state index in [1.54, 1.807) is 0 Å². The lowest BCUT2D eigenvalue weighted by molar-refractivity contribution is 0.0691. The Hall–Kier alpha value is -1.12. The van der Waals surface area contributed by atoms with Gasteiger partial charge in [0, 0.05) is 18.8 Å². The maximum atomic E-state index is 13.4. The smallest absolute Gasteiger partial charge is 0.338 e. The van der Waals surface area contributed by atoms with Crippen LogP contribution >= 0.6 is 11.8 Å². The molecule has 0 bridgehead atoms. The molecule has 1 atom stereocenters. The van der Waals surface area contributed by atoms with Crippen LogP contribution in [0.1, 0.15) is 23.7 Å². The van der Waals surface area contributed by atoms with Gasteiger partial charge in [-0.05, 0) is 30.9 Å². The van der Waals surface area contributed by atoms with Gasteiger partial charge < -0.3 is 5.11 Å². The van der Waals surface area contributed by atoms with Gasteiger partial charge in [0.15, 0.2) is 0 Å². The number of benzene rings is 1. The van der Waals surface area contributed by atoms with Gasteiger partial charge in [-0.15, -0.1) is 0 Å². The first kappa shape index (κ1) is 17.9. The molecule has 1 N–H and O–H groups in total. The molecule has 0 radical (unpaired) electrons. The van der Waals surface area contributed by atoms with E-state index in [0.29, 0.717) is 12.2 Å². The Kier molecular flexibility index (Phi) is 6.18. The van der Waals surface area contributed by atoms with Crippen molar-refractivity contribution in [2.45, 2.75) is 24.3 Å². The number of hydrogen-bond acceptors (Lipinski definition) is 4. The number of aromatic carboxylic acids is 1. The van der Waals surface area contributed by atoms with Crippen molar-refractivity contribution in [1.29, 1.82) is 0 Å². The van der Waals surface area contributed by atoms with Crippen molar-refractivity contribution in [2.75, 3.05) is 19.1 Å². The Labute approximate surface area is 128 Å². The van der Waals surface area contributed by atoms with E-state index in [2.05, 4.69) is 0 Å². The second-order valence-corrected chi connectivity index (χ2v) is 7.39. The Morgan fingerprint density at radius 3 is 2.57 bits per heavy atom. The van der Waals surface area contributed by atoms with Gasteiger partial charge in [-0.2, -0.15) is 16.1 Å². The lowest BCUT2D eigenvalue weighted by Crippen LogP contribution is -2.38. The fourth-order valence-electron chi connectivity index (χ4n) is 1.86. The van der Waals surface area contributed by atoms with E-state index in [1.165, 1.54) is 23.1 Å². The number of thioether (sulfide) groups is 1. The summed E-state index contributed by atoms with van der Waals surface area (Å²) in [4.78, 5) is 10.7. The van der Waals surface area contributed by atoms with E-state index >= 15 is 0 Å². The molecule has 1 aromatic rings. The van der Waals surface area contributed by atoms with Gasteiger partial charge in [0.2, 0.25) is 10.0 Å². The highest BCUT2D eigenvalue weighted by Crippen LogP contribution is 2.22. The highest BCUT2D eigenvalue weighted by atomic mass is 32.2. The summed E-state index contributed by atoms with van der Waals surface area (Å²) in [6.45, 7) is 1.88. The molecule has 21 heavy (non-hydrogen) atoms. The number of nitrogens with zero attached hydrogens (tertiary/aromatic N) is 1. The lowest BCUT2D eigenvalue weighted by atomic mass is 10.2. The van der Waals surface area contributed by atoms with E-state index in [0.717, 1.165) is 18.2 Å². The largest absolute Gasteiger partial charge is 0.478 e. The molecule has 0 heterocycles. The highest BCUT2D eigenvalue weighted by molar-refractivity contribution is 7.98. The Morgan fingerprint density at radius 2 is 2.10 bits per heavy atom. The second-order valence-electron chi connectivity index (χ2n) is 4.49. The third kappa shape index (κ3) is 3.96. The van der Waals surface area contributed by atoms with Crippen LogP contribution in [0.15, 0.2) is 23.1 Å². The molecule has 0 aromatic heterocycles. The summed E-state index contributed by atoms with van der Waals surface area (Å²) in [6.07, 6.45) is 2.51. The molecule has 5 nitrogen and oxygen atoms in total. The zero-order valence-corrected chi connectivity index (χ0v) is 13.7. The summed E-state index contributed by atoms with van der Waals surface area (Å²) in [6, 6.07) is 2.59. The fraction of sp³-hybridized carbons (Fsp3) is 0.462.